The molecular formula is C12H24N2O3. The number of hydrogen-bond donors (Lipinski definition) is 1. The Morgan fingerprint density at radius 2 is 2.00 bits per heavy atom. The average molecular weight is 244 g/mol. The zero-order chi connectivity index (χ0) is 12.5. The average Bonchev–Trinajstić information content (AvgIpc) is 2.36. The third kappa shape index (κ3) is 5.48. The molecule has 0 radical (unpaired) electrons. The molecule has 1 amide bonds. The summed E-state index contributed by atoms with van der Waals surface area (Å²) in [6, 6.07) is 0. The number of nitrogens with zero attached hydrogens (tertiary/aromatic N) is 1. The van der Waals surface area contributed by atoms with Gasteiger partial charge in [0.1, 0.15) is 0 Å². The number of methoxy groups -OCH3 is 2. The van der Waals surface area contributed by atoms with E-state index in [-0.39, 0.29) is 5.91 Å². The van der Waals surface area contributed by atoms with Crippen molar-refractivity contribution in [2.45, 2.75) is 12.8 Å². The lowest BCUT2D eigenvalue weighted by Gasteiger charge is -2.31. The maximum absolute atomic E-state index is 11.8. The van der Waals surface area contributed by atoms with E-state index in [1.165, 1.54) is 0 Å². The van der Waals surface area contributed by atoms with Crippen molar-refractivity contribution < 1.29 is 14.3 Å². The van der Waals surface area contributed by atoms with Gasteiger partial charge in [0.25, 0.3) is 0 Å². The summed E-state index contributed by atoms with van der Waals surface area (Å²) >= 11 is 0. The molecule has 0 unspecified atom stereocenters. The Labute approximate surface area is 103 Å². The van der Waals surface area contributed by atoms with E-state index in [1.807, 2.05) is 4.90 Å². The summed E-state index contributed by atoms with van der Waals surface area (Å²) in [4.78, 5) is 13.8. The van der Waals surface area contributed by atoms with E-state index in [0.29, 0.717) is 19.1 Å². The third-order valence-corrected chi connectivity index (χ3v) is 3.13. The summed E-state index contributed by atoms with van der Waals surface area (Å²) in [6.07, 6.45) is 2.11. The van der Waals surface area contributed by atoms with Gasteiger partial charge >= 0.3 is 0 Å². The number of piperidine rings is 1. The lowest BCUT2D eigenvalue weighted by atomic mass is 9.98. The van der Waals surface area contributed by atoms with E-state index in [4.69, 9.17) is 9.47 Å². The summed E-state index contributed by atoms with van der Waals surface area (Å²) < 4.78 is 10.0. The highest BCUT2D eigenvalue weighted by atomic mass is 16.5. The molecule has 1 aliphatic heterocycles. The molecular weight excluding hydrogens is 220 g/mol. The van der Waals surface area contributed by atoms with E-state index >= 15 is 0 Å². The first-order valence-electron chi connectivity index (χ1n) is 6.24. The second-order valence-corrected chi connectivity index (χ2v) is 4.45. The van der Waals surface area contributed by atoms with Crippen molar-refractivity contribution in [1.82, 2.24) is 10.2 Å². The number of carbonyl (C=O) groups is 1. The Bertz CT molecular complexity index is 216. The molecule has 17 heavy (non-hydrogen) atoms. The Morgan fingerprint density at radius 1 is 1.29 bits per heavy atom. The predicted molar refractivity (Wildman–Crippen MR) is 65.9 cm³/mol. The Balaban J connectivity index is 2.12. The number of carbonyl (C=O) groups excluding carboxylic acids is 1. The van der Waals surface area contributed by atoms with Gasteiger partial charge < -0.3 is 19.7 Å². The number of nitrogens with one attached hydrogen (secondary N) is 1. The first-order chi connectivity index (χ1) is 8.27. The first kappa shape index (κ1) is 14.4. The zero-order valence-electron chi connectivity index (χ0n) is 10.9. The number of ether oxygens (including phenoxy) is 2. The summed E-state index contributed by atoms with van der Waals surface area (Å²) in [7, 11) is 3.39. The number of hydrogen-bond acceptors (Lipinski definition) is 4. The molecule has 100 valence electrons. The van der Waals surface area contributed by atoms with Gasteiger partial charge in [0, 0.05) is 40.5 Å². The maximum Gasteiger partial charge on any atom is 0.236 e. The third-order valence-electron chi connectivity index (χ3n) is 3.13. The topological polar surface area (TPSA) is 50.8 Å². The fraction of sp³-hybridized carbons (Fsp3) is 0.917. The van der Waals surface area contributed by atoms with Crippen LogP contribution in [-0.2, 0) is 14.3 Å². The van der Waals surface area contributed by atoms with Gasteiger partial charge in [-0.3, -0.25) is 4.79 Å². The molecule has 1 N–H and O–H groups in total. The molecule has 0 aromatic carbocycles. The normalized spacial score (nSPS) is 17.4. The van der Waals surface area contributed by atoms with Crippen LogP contribution in [0.3, 0.4) is 0 Å². The predicted octanol–water partition coefficient (Wildman–Crippen LogP) is 0.107. The molecule has 1 saturated heterocycles. The van der Waals surface area contributed by atoms with E-state index in [9.17, 15) is 4.79 Å². The van der Waals surface area contributed by atoms with E-state index in [2.05, 4.69) is 5.32 Å². The molecule has 0 spiro atoms. The summed E-state index contributed by atoms with van der Waals surface area (Å²) in [5.41, 5.74) is 0. The van der Waals surface area contributed by atoms with Gasteiger partial charge in [-0.15, -0.1) is 0 Å². The highest BCUT2D eigenvalue weighted by Gasteiger charge is 2.22. The van der Waals surface area contributed by atoms with Gasteiger partial charge in [-0.2, -0.15) is 0 Å². The van der Waals surface area contributed by atoms with Crippen LogP contribution in [0.4, 0.5) is 0 Å². The van der Waals surface area contributed by atoms with Crippen LogP contribution in [0.1, 0.15) is 12.8 Å². The SMILES string of the molecule is COCCNCC(=O)N1CCC(COC)CC1. The van der Waals surface area contributed by atoms with E-state index in [1.54, 1.807) is 14.2 Å². The molecule has 5 heteroatoms. The van der Waals surface area contributed by atoms with Crippen LogP contribution < -0.4 is 5.32 Å². The van der Waals surface area contributed by atoms with E-state index in [0.717, 1.165) is 39.1 Å². The molecule has 1 fully saturated rings. The first-order valence-corrected chi connectivity index (χ1v) is 6.24. The van der Waals surface area contributed by atoms with Gasteiger partial charge in [-0.05, 0) is 18.8 Å². The lowest BCUT2D eigenvalue weighted by molar-refractivity contribution is -0.131. The number of rotatable bonds is 7. The van der Waals surface area contributed by atoms with Gasteiger partial charge in [-0.25, -0.2) is 0 Å². The molecule has 0 atom stereocenters. The molecule has 0 aliphatic carbocycles. The maximum atomic E-state index is 11.8. The van der Waals surface area contributed by atoms with Crippen LogP contribution >= 0.6 is 0 Å². The highest BCUT2D eigenvalue weighted by Crippen LogP contribution is 2.16. The van der Waals surface area contributed by atoms with Crippen molar-refractivity contribution >= 4 is 5.91 Å². The highest BCUT2D eigenvalue weighted by molar-refractivity contribution is 5.78. The van der Waals surface area contributed by atoms with Crippen molar-refractivity contribution in [2.24, 2.45) is 5.92 Å². The summed E-state index contributed by atoms with van der Waals surface area (Å²) in [5.74, 6) is 0.808. The fourth-order valence-electron chi connectivity index (χ4n) is 2.07. The molecule has 0 aromatic heterocycles. The molecule has 1 heterocycles. The molecule has 0 bridgehead atoms. The van der Waals surface area contributed by atoms with Crippen LogP contribution in [0.5, 0.6) is 0 Å². The Morgan fingerprint density at radius 3 is 2.59 bits per heavy atom. The van der Waals surface area contributed by atoms with E-state index < -0.39 is 0 Å². The van der Waals surface area contributed by atoms with Crippen LogP contribution in [0.2, 0.25) is 0 Å². The molecule has 1 aliphatic rings. The smallest absolute Gasteiger partial charge is 0.236 e. The van der Waals surface area contributed by atoms with Gasteiger partial charge in [0.05, 0.1) is 13.2 Å². The quantitative estimate of drug-likeness (QED) is 0.646. The lowest BCUT2D eigenvalue weighted by Crippen LogP contribution is -2.43. The second kappa shape index (κ2) is 8.44. The fourth-order valence-corrected chi connectivity index (χ4v) is 2.07. The summed E-state index contributed by atoms with van der Waals surface area (Å²) in [5, 5.41) is 3.08. The monoisotopic (exact) mass is 244 g/mol. The standard InChI is InChI=1S/C12H24N2O3/c1-16-8-5-13-9-12(15)14-6-3-11(4-7-14)10-17-2/h11,13H,3-10H2,1-2H3. The van der Waals surface area contributed by atoms with Crippen molar-refractivity contribution in [3.8, 4) is 0 Å². The largest absolute Gasteiger partial charge is 0.384 e. The van der Waals surface area contributed by atoms with Crippen LogP contribution in [0.25, 0.3) is 0 Å². The number of amides is 1. The summed E-state index contributed by atoms with van der Waals surface area (Å²) in [6.45, 7) is 4.32. The van der Waals surface area contributed by atoms with Crippen molar-refractivity contribution in [2.75, 3.05) is 53.6 Å². The van der Waals surface area contributed by atoms with Crippen LogP contribution in [0, 0.1) is 5.92 Å². The molecule has 1 rings (SSSR count). The Hall–Kier alpha value is -0.650. The minimum Gasteiger partial charge on any atom is -0.384 e. The zero-order valence-corrected chi connectivity index (χ0v) is 10.9. The molecule has 5 nitrogen and oxygen atoms in total. The van der Waals surface area contributed by atoms with Gasteiger partial charge in [0.2, 0.25) is 5.91 Å². The van der Waals surface area contributed by atoms with Crippen LogP contribution in [0.15, 0.2) is 0 Å². The van der Waals surface area contributed by atoms with Gasteiger partial charge in [-0.1, -0.05) is 0 Å². The molecule has 0 aromatic rings. The Kier molecular flexibility index (Phi) is 7.16. The van der Waals surface area contributed by atoms with Crippen molar-refractivity contribution in [3.05, 3.63) is 0 Å². The van der Waals surface area contributed by atoms with Crippen molar-refractivity contribution in [3.63, 3.8) is 0 Å². The number of likely N-dealkylation sites (tertiary alicyclic amines) is 1. The van der Waals surface area contributed by atoms with Gasteiger partial charge in [0.15, 0.2) is 0 Å². The second-order valence-electron chi connectivity index (χ2n) is 4.45. The molecule has 0 saturated carbocycles. The van der Waals surface area contributed by atoms with Crippen LogP contribution in [-0.4, -0.2) is 64.4 Å². The minimum atomic E-state index is 0.192. The minimum absolute atomic E-state index is 0.192. The van der Waals surface area contributed by atoms with Crippen molar-refractivity contribution in [1.29, 1.82) is 0 Å².